The molecule has 3 amide bonds. The Morgan fingerprint density at radius 2 is 1.71 bits per heavy atom. The van der Waals surface area contributed by atoms with Crippen molar-refractivity contribution in [3.63, 3.8) is 0 Å². The molecule has 7 heteroatoms. The highest BCUT2D eigenvalue weighted by atomic mass is 16.4. The van der Waals surface area contributed by atoms with Gasteiger partial charge in [-0.2, -0.15) is 0 Å². The molecule has 1 saturated carbocycles. The van der Waals surface area contributed by atoms with E-state index < -0.39 is 12.0 Å². The second-order valence-corrected chi connectivity index (χ2v) is 5.91. The molecule has 0 atom stereocenters. The van der Waals surface area contributed by atoms with E-state index in [9.17, 15) is 14.4 Å². The van der Waals surface area contributed by atoms with Crippen LogP contribution < -0.4 is 16.0 Å². The number of amides is 3. The lowest BCUT2D eigenvalue weighted by atomic mass is 9.95. The zero-order chi connectivity index (χ0) is 17.4. The number of carboxylic acids is 1. The first kappa shape index (κ1) is 17.8. The number of hydrogen-bond acceptors (Lipinski definition) is 3. The quantitative estimate of drug-likeness (QED) is 0.641. The Balaban J connectivity index is 1.80. The van der Waals surface area contributed by atoms with Crippen LogP contribution in [0.3, 0.4) is 0 Å². The molecular weight excluding hydrogens is 310 g/mol. The molecule has 0 saturated heterocycles. The van der Waals surface area contributed by atoms with Crippen molar-refractivity contribution >= 4 is 23.6 Å². The predicted octanol–water partition coefficient (Wildman–Crippen LogP) is 2.35. The molecule has 0 aromatic heterocycles. The molecule has 1 aliphatic carbocycles. The van der Waals surface area contributed by atoms with E-state index in [2.05, 4.69) is 16.0 Å². The van der Waals surface area contributed by atoms with Gasteiger partial charge in [-0.3, -0.25) is 9.59 Å². The number of aliphatic carboxylic acids is 1. The van der Waals surface area contributed by atoms with Gasteiger partial charge in [-0.15, -0.1) is 0 Å². The third-order valence-corrected chi connectivity index (χ3v) is 3.97. The van der Waals surface area contributed by atoms with Crippen LogP contribution in [0.4, 0.5) is 10.5 Å². The van der Waals surface area contributed by atoms with E-state index in [1.807, 2.05) is 0 Å². The van der Waals surface area contributed by atoms with Crippen molar-refractivity contribution < 1.29 is 19.5 Å². The number of urea groups is 1. The van der Waals surface area contributed by atoms with Gasteiger partial charge in [0.25, 0.3) is 5.91 Å². The van der Waals surface area contributed by atoms with Crippen LogP contribution in [0.15, 0.2) is 24.3 Å². The smallest absolute Gasteiger partial charge is 0.319 e. The van der Waals surface area contributed by atoms with Crippen LogP contribution in [-0.4, -0.2) is 35.6 Å². The summed E-state index contributed by atoms with van der Waals surface area (Å²) >= 11 is 0. The van der Waals surface area contributed by atoms with Gasteiger partial charge in [0.2, 0.25) is 0 Å². The molecule has 0 aliphatic heterocycles. The average molecular weight is 333 g/mol. The minimum Gasteiger partial charge on any atom is -0.481 e. The molecule has 130 valence electrons. The standard InChI is InChI=1S/C17H23N3O4/c21-15(22)10-11-18-17(24)20-14-8-6-12(7-9-14)16(23)19-13-4-2-1-3-5-13/h6-9,13H,1-5,10-11H2,(H,19,23)(H,21,22)(H2,18,20,24). The minimum absolute atomic E-state index is 0.0586. The summed E-state index contributed by atoms with van der Waals surface area (Å²) in [5, 5.41) is 16.6. The molecule has 0 heterocycles. The molecule has 4 N–H and O–H groups in total. The van der Waals surface area contributed by atoms with Gasteiger partial charge in [0, 0.05) is 23.8 Å². The van der Waals surface area contributed by atoms with E-state index in [-0.39, 0.29) is 24.9 Å². The number of nitrogens with one attached hydrogen (secondary N) is 3. The largest absolute Gasteiger partial charge is 0.481 e. The van der Waals surface area contributed by atoms with Crippen LogP contribution in [-0.2, 0) is 4.79 Å². The van der Waals surface area contributed by atoms with Crippen molar-refractivity contribution in [3.8, 4) is 0 Å². The summed E-state index contributed by atoms with van der Waals surface area (Å²) in [6.45, 7) is 0.0586. The van der Waals surface area contributed by atoms with Crippen molar-refractivity contribution in [2.75, 3.05) is 11.9 Å². The molecule has 7 nitrogen and oxygen atoms in total. The van der Waals surface area contributed by atoms with Crippen molar-refractivity contribution in [1.29, 1.82) is 0 Å². The first-order valence-corrected chi connectivity index (χ1v) is 8.22. The van der Waals surface area contributed by atoms with Crippen LogP contribution >= 0.6 is 0 Å². The molecule has 24 heavy (non-hydrogen) atoms. The maximum atomic E-state index is 12.2. The van der Waals surface area contributed by atoms with Gasteiger partial charge in [0.1, 0.15) is 0 Å². The van der Waals surface area contributed by atoms with Crippen LogP contribution in [0.1, 0.15) is 48.9 Å². The zero-order valence-electron chi connectivity index (χ0n) is 13.5. The third-order valence-electron chi connectivity index (χ3n) is 3.97. The third kappa shape index (κ3) is 5.91. The van der Waals surface area contributed by atoms with Crippen molar-refractivity contribution in [2.45, 2.75) is 44.6 Å². The highest BCUT2D eigenvalue weighted by Gasteiger charge is 2.16. The Kier molecular flexibility index (Phi) is 6.60. The average Bonchev–Trinajstić information content (AvgIpc) is 2.56. The van der Waals surface area contributed by atoms with E-state index in [4.69, 9.17) is 5.11 Å². The SMILES string of the molecule is O=C(O)CCNC(=O)Nc1ccc(C(=O)NC2CCCCC2)cc1. The predicted molar refractivity (Wildman–Crippen MR) is 90.1 cm³/mol. The van der Waals surface area contributed by atoms with Gasteiger partial charge in [0.15, 0.2) is 0 Å². The minimum atomic E-state index is -0.969. The van der Waals surface area contributed by atoms with E-state index in [0.29, 0.717) is 11.3 Å². The molecule has 1 aromatic rings. The highest BCUT2D eigenvalue weighted by molar-refractivity contribution is 5.95. The number of carboxylic acid groups (broad SMARTS) is 1. The lowest BCUT2D eigenvalue weighted by Crippen LogP contribution is -2.36. The molecule has 1 fully saturated rings. The fourth-order valence-electron chi connectivity index (χ4n) is 2.68. The van der Waals surface area contributed by atoms with E-state index in [1.165, 1.54) is 6.42 Å². The Hall–Kier alpha value is -2.57. The molecule has 0 spiro atoms. The summed E-state index contributed by atoms with van der Waals surface area (Å²) in [7, 11) is 0. The van der Waals surface area contributed by atoms with Crippen molar-refractivity contribution in [2.24, 2.45) is 0 Å². The monoisotopic (exact) mass is 333 g/mol. The Labute approximate surface area is 140 Å². The van der Waals surface area contributed by atoms with Gasteiger partial charge in [0.05, 0.1) is 6.42 Å². The fourth-order valence-corrected chi connectivity index (χ4v) is 2.68. The number of anilines is 1. The summed E-state index contributed by atoms with van der Waals surface area (Å²) in [5.74, 6) is -1.07. The Bertz CT molecular complexity index is 580. The first-order chi connectivity index (χ1) is 11.5. The summed E-state index contributed by atoms with van der Waals surface area (Å²) in [6.07, 6.45) is 5.48. The normalized spacial score (nSPS) is 14.7. The van der Waals surface area contributed by atoms with E-state index in [1.54, 1.807) is 24.3 Å². The van der Waals surface area contributed by atoms with Gasteiger partial charge >= 0.3 is 12.0 Å². The Morgan fingerprint density at radius 1 is 1.04 bits per heavy atom. The summed E-state index contributed by atoms with van der Waals surface area (Å²) < 4.78 is 0. The van der Waals surface area contributed by atoms with E-state index >= 15 is 0 Å². The molecule has 2 rings (SSSR count). The molecule has 0 unspecified atom stereocenters. The second-order valence-electron chi connectivity index (χ2n) is 5.91. The topological polar surface area (TPSA) is 108 Å². The number of carbonyl (C=O) groups is 3. The lowest BCUT2D eigenvalue weighted by molar-refractivity contribution is -0.136. The van der Waals surface area contributed by atoms with Gasteiger partial charge in [-0.1, -0.05) is 19.3 Å². The molecule has 1 aromatic carbocycles. The molecule has 0 bridgehead atoms. The Morgan fingerprint density at radius 3 is 2.33 bits per heavy atom. The highest BCUT2D eigenvalue weighted by Crippen LogP contribution is 2.18. The maximum absolute atomic E-state index is 12.2. The van der Waals surface area contributed by atoms with Gasteiger partial charge in [-0.25, -0.2) is 4.79 Å². The second kappa shape index (κ2) is 8.90. The lowest BCUT2D eigenvalue weighted by Gasteiger charge is -2.22. The number of hydrogen-bond donors (Lipinski definition) is 4. The number of rotatable bonds is 6. The summed E-state index contributed by atoms with van der Waals surface area (Å²) in [6, 6.07) is 6.38. The van der Waals surface area contributed by atoms with Crippen molar-refractivity contribution in [1.82, 2.24) is 10.6 Å². The molecule has 1 aliphatic rings. The zero-order valence-corrected chi connectivity index (χ0v) is 13.5. The number of benzene rings is 1. The van der Waals surface area contributed by atoms with Crippen LogP contribution in [0, 0.1) is 0 Å². The summed E-state index contributed by atoms with van der Waals surface area (Å²) in [5.41, 5.74) is 1.09. The van der Waals surface area contributed by atoms with Crippen molar-refractivity contribution in [3.05, 3.63) is 29.8 Å². The molecular formula is C17H23N3O4. The van der Waals surface area contributed by atoms with Gasteiger partial charge < -0.3 is 21.1 Å². The summed E-state index contributed by atoms with van der Waals surface area (Å²) in [4.78, 5) is 34.1. The molecule has 0 radical (unpaired) electrons. The number of carbonyl (C=O) groups excluding carboxylic acids is 2. The van der Waals surface area contributed by atoms with Crippen LogP contribution in [0.25, 0.3) is 0 Å². The maximum Gasteiger partial charge on any atom is 0.319 e. The van der Waals surface area contributed by atoms with Gasteiger partial charge in [-0.05, 0) is 37.1 Å². The van der Waals surface area contributed by atoms with Crippen LogP contribution in [0.2, 0.25) is 0 Å². The fraction of sp³-hybridized carbons (Fsp3) is 0.471. The van der Waals surface area contributed by atoms with E-state index in [0.717, 1.165) is 25.7 Å². The first-order valence-electron chi connectivity index (χ1n) is 8.22. The van der Waals surface area contributed by atoms with Crippen LogP contribution in [0.5, 0.6) is 0 Å².